The molecule has 21 heavy (non-hydrogen) atoms. The summed E-state index contributed by atoms with van der Waals surface area (Å²) >= 11 is 6.07. The van der Waals surface area contributed by atoms with Gasteiger partial charge >= 0.3 is 0 Å². The van der Waals surface area contributed by atoms with E-state index in [1.165, 1.54) is 12.1 Å². The summed E-state index contributed by atoms with van der Waals surface area (Å²) in [6, 6.07) is 4.46. The third-order valence-corrected chi connectivity index (χ3v) is 3.74. The maximum atomic E-state index is 13.1. The highest BCUT2D eigenvalue weighted by atomic mass is 35.5. The zero-order chi connectivity index (χ0) is 14.8. The van der Waals surface area contributed by atoms with E-state index in [1.807, 2.05) is 0 Å². The Morgan fingerprint density at radius 3 is 3.05 bits per heavy atom. The molecule has 0 spiro atoms. The van der Waals surface area contributed by atoms with Gasteiger partial charge in [0, 0.05) is 31.6 Å². The second-order valence-electron chi connectivity index (χ2n) is 5.00. The van der Waals surface area contributed by atoms with Gasteiger partial charge in [-0.15, -0.1) is 0 Å². The summed E-state index contributed by atoms with van der Waals surface area (Å²) in [5.41, 5.74) is 0.892. The molecule has 1 fully saturated rings. The molecule has 0 radical (unpaired) electrons. The summed E-state index contributed by atoms with van der Waals surface area (Å²) in [5.74, 6) is 0.751. The van der Waals surface area contributed by atoms with Crippen LogP contribution in [-0.2, 0) is 11.3 Å². The zero-order valence-electron chi connectivity index (χ0n) is 11.6. The van der Waals surface area contributed by atoms with Crippen molar-refractivity contribution in [3.63, 3.8) is 0 Å². The van der Waals surface area contributed by atoms with Crippen molar-refractivity contribution in [3.05, 3.63) is 46.3 Å². The second-order valence-corrected chi connectivity index (χ2v) is 5.41. The van der Waals surface area contributed by atoms with E-state index in [2.05, 4.69) is 15.0 Å². The molecule has 1 aliphatic rings. The molecule has 112 valence electrons. The van der Waals surface area contributed by atoms with Crippen molar-refractivity contribution in [1.29, 1.82) is 0 Å². The lowest BCUT2D eigenvalue weighted by Gasteiger charge is -2.31. The minimum absolute atomic E-state index is 0.213. The fraction of sp³-hybridized carbons (Fsp3) is 0.429. The number of benzene rings is 1. The maximum absolute atomic E-state index is 13.1. The van der Waals surface area contributed by atoms with Crippen LogP contribution in [0.5, 0.6) is 0 Å². The van der Waals surface area contributed by atoms with Crippen molar-refractivity contribution in [2.45, 2.75) is 19.6 Å². The van der Waals surface area contributed by atoms with Crippen LogP contribution in [0.1, 0.15) is 23.4 Å². The number of halogens is 2. The molecule has 5 nitrogen and oxygen atoms in total. The van der Waals surface area contributed by atoms with Gasteiger partial charge in [0.15, 0.2) is 0 Å². The number of rotatable bonds is 3. The molecule has 1 aliphatic heterocycles. The van der Waals surface area contributed by atoms with Gasteiger partial charge < -0.3 is 9.26 Å². The van der Waals surface area contributed by atoms with E-state index in [1.54, 1.807) is 13.0 Å². The Hall–Kier alpha value is -1.50. The van der Waals surface area contributed by atoms with Crippen LogP contribution in [0.3, 0.4) is 0 Å². The molecular weight excluding hydrogens is 297 g/mol. The molecule has 1 aromatic heterocycles. The molecule has 0 aliphatic carbocycles. The largest absolute Gasteiger partial charge is 0.367 e. The molecule has 2 heterocycles. The molecule has 1 atom stereocenters. The minimum Gasteiger partial charge on any atom is -0.367 e. The van der Waals surface area contributed by atoms with Crippen molar-refractivity contribution >= 4 is 11.6 Å². The van der Waals surface area contributed by atoms with E-state index >= 15 is 0 Å². The molecule has 1 saturated heterocycles. The van der Waals surface area contributed by atoms with Crippen LogP contribution >= 0.6 is 11.6 Å². The number of ether oxygens (including phenoxy) is 1. The third-order valence-electron chi connectivity index (χ3n) is 3.39. The smallest absolute Gasteiger partial charge is 0.223 e. The maximum Gasteiger partial charge on any atom is 0.223 e. The molecule has 0 bridgehead atoms. The minimum atomic E-state index is -0.328. The van der Waals surface area contributed by atoms with Gasteiger partial charge in [0.05, 0.1) is 6.61 Å². The molecule has 0 unspecified atom stereocenters. The Balaban J connectivity index is 1.68. The quantitative estimate of drug-likeness (QED) is 0.872. The van der Waals surface area contributed by atoms with E-state index in [0.29, 0.717) is 36.4 Å². The highest BCUT2D eigenvalue weighted by molar-refractivity contribution is 6.31. The number of aromatic nitrogens is 2. The zero-order valence-corrected chi connectivity index (χ0v) is 12.3. The number of morpholine rings is 1. The van der Waals surface area contributed by atoms with Crippen LogP contribution in [0.25, 0.3) is 0 Å². The predicted molar refractivity (Wildman–Crippen MR) is 74.4 cm³/mol. The lowest BCUT2D eigenvalue weighted by atomic mass is 10.1. The van der Waals surface area contributed by atoms with Gasteiger partial charge in [-0.3, -0.25) is 4.90 Å². The van der Waals surface area contributed by atoms with E-state index in [4.69, 9.17) is 20.9 Å². The Labute approximate surface area is 126 Å². The van der Waals surface area contributed by atoms with Crippen LogP contribution in [0, 0.1) is 12.7 Å². The van der Waals surface area contributed by atoms with Crippen LogP contribution in [0.15, 0.2) is 22.7 Å². The summed E-state index contributed by atoms with van der Waals surface area (Å²) in [6.07, 6.45) is -0.213. The van der Waals surface area contributed by atoms with Crippen molar-refractivity contribution in [1.82, 2.24) is 15.0 Å². The first-order chi connectivity index (χ1) is 10.1. The van der Waals surface area contributed by atoms with Gasteiger partial charge in [0.1, 0.15) is 11.9 Å². The predicted octanol–water partition coefficient (Wildman–Crippen LogP) is 2.74. The summed E-state index contributed by atoms with van der Waals surface area (Å²) in [7, 11) is 0. The Kier molecular flexibility index (Phi) is 4.19. The SMILES string of the molecule is Cc1nc([C@H]2CN(Cc3ccc(F)cc3Cl)CCO2)no1. The number of nitrogens with zero attached hydrogens (tertiary/aromatic N) is 3. The van der Waals surface area contributed by atoms with E-state index in [0.717, 1.165) is 12.1 Å². The molecule has 3 rings (SSSR count). The molecule has 0 N–H and O–H groups in total. The lowest BCUT2D eigenvalue weighted by Crippen LogP contribution is -2.38. The summed E-state index contributed by atoms with van der Waals surface area (Å²) in [4.78, 5) is 6.38. The van der Waals surface area contributed by atoms with Gasteiger partial charge in [-0.2, -0.15) is 4.98 Å². The molecule has 0 saturated carbocycles. The number of hydrogen-bond acceptors (Lipinski definition) is 5. The van der Waals surface area contributed by atoms with E-state index in [-0.39, 0.29) is 11.9 Å². The Morgan fingerprint density at radius 2 is 2.33 bits per heavy atom. The average molecular weight is 312 g/mol. The Bertz CT molecular complexity index is 634. The van der Waals surface area contributed by atoms with Crippen molar-refractivity contribution in [2.75, 3.05) is 19.7 Å². The van der Waals surface area contributed by atoms with Crippen LogP contribution in [0.4, 0.5) is 4.39 Å². The number of aryl methyl sites for hydroxylation is 1. The summed E-state index contributed by atoms with van der Waals surface area (Å²) < 4.78 is 23.7. The van der Waals surface area contributed by atoms with E-state index in [9.17, 15) is 4.39 Å². The van der Waals surface area contributed by atoms with Crippen LogP contribution < -0.4 is 0 Å². The van der Waals surface area contributed by atoms with Gasteiger partial charge in [0.25, 0.3) is 0 Å². The second kappa shape index (κ2) is 6.09. The Morgan fingerprint density at radius 1 is 1.48 bits per heavy atom. The number of hydrogen-bond donors (Lipinski definition) is 0. The molecular formula is C14H15ClFN3O2. The van der Waals surface area contributed by atoms with E-state index < -0.39 is 0 Å². The van der Waals surface area contributed by atoms with Crippen LogP contribution in [0.2, 0.25) is 5.02 Å². The van der Waals surface area contributed by atoms with Crippen LogP contribution in [-0.4, -0.2) is 34.7 Å². The fourth-order valence-electron chi connectivity index (χ4n) is 2.34. The first-order valence-corrected chi connectivity index (χ1v) is 7.08. The first-order valence-electron chi connectivity index (χ1n) is 6.70. The normalized spacial score (nSPS) is 19.9. The standard InChI is InChI=1S/C14H15ClFN3O2/c1-9-17-14(18-21-9)13-8-19(4-5-20-13)7-10-2-3-11(16)6-12(10)15/h2-3,6,13H,4-5,7-8H2,1H3/t13-/m1/s1. The summed E-state index contributed by atoms with van der Waals surface area (Å²) in [5, 5.41) is 4.34. The first kappa shape index (κ1) is 14.4. The summed E-state index contributed by atoms with van der Waals surface area (Å²) in [6.45, 7) is 4.38. The highest BCUT2D eigenvalue weighted by Crippen LogP contribution is 2.24. The lowest BCUT2D eigenvalue weighted by molar-refractivity contribution is -0.0380. The molecule has 1 aromatic carbocycles. The van der Waals surface area contributed by atoms with Gasteiger partial charge in [-0.25, -0.2) is 4.39 Å². The monoisotopic (exact) mass is 311 g/mol. The van der Waals surface area contributed by atoms with Crippen molar-refractivity contribution < 1.29 is 13.7 Å². The third kappa shape index (κ3) is 3.40. The molecule has 7 heteroatoms. The topological polar surface area (TPSA) is 51.4 Å². The van der Waals surface area contributed by atoms with Gasteiger partial charge in [0.2, 0.25) is 11.7 Å². The van der Waals surface area contributed by atoms with Gasteiger partial charge in [-0.05, 0) is 17.7 Å². The fourth-order valence-corrected chi connectivity index (χ4v) is 2.57. The van der Waals surface area contributed by atoms with Crippen molar-refractivity contribution in [3.8, 4) is 0 Å². The van der Waals surface area contributed by atoms with Crippen molar-refractivity contribution in [2.24, 2.45) is 0 Å². The molecule has 0 amide bonds. The van der Waals surface area contributed by atoms with Gasteiger partial charge in [-0.1, -0.05) is 22.8 Å². The average Bonchev–Trinajstić information content (AvgIpc) is 2.89. The molecule has 2 aromatic rings. The highest BCUT2D eigenvalue weighted by Gasteiger charge is 2.26.